The summed E-state index contributed by atoms with van der Waals surface area (Å²) < 4.78 is 10.7. The van der Waals surface area contributed by atoms with E-state index in [1.165, 1.54) is 0 Å². The Balaban J connectivity index is 1.74. The molecule has 1 aromatic carbocycles. The number of nitrogens with one attached hydrogen (secondary N) is 1. The summed E-state index contributed by atoms with van der Waals surface area (Å²) in [6.45, 7) is 9.12. The van der Waals surface area contributed by atoms with Crippen LogP contribution in [-0.4, -0.2) is 41.8 Å². The van der Waals surface area contributed by atoms with Gasteiger partial charge in [0.2, 0.25) is 0 Å². The number of benzene rings is 1. The van der Waals surface area contributed by atoms with E-state index in [9.17, 15) is 9.59 Å². The van der Waals surface area contributed by atoms with Crippen LogP contribution in [0.5, 0.6) is 0 Å². The molecular formula is C20H30N2O4. The first-order chi connectivity index (χ1) is 12.2. The van der Waals surface area contributed by atoms with E-state index >= 15 is 0 Å². The minimum atomic E-state index is -0.507. The van der Waals surface area contributed by atoms with Gasteiger partial charge in [0.15, 0.2) is 0 Å². The first kappa shape index (κ1) is 20.1. The molecule has 0 aliphatic carbocycles. The van der Waals surface area contributed by atoms with Gasteiger partial charge >= 0.3 is 12.2 Å². The highest BCUT2D eigenvalue weighted by atomic mass is 16.6. The summed E-state index contributed by atoms with van der Waals surface area (Å²) in [5.74, 6) is 0.428. The van der Waals surface area contributed by atoms with E-state index in [-0.39, 0.29) is 18.7 Å². The quantitative estimate of drug-likeness (QED) is 0.861. The highest BCUT2D eigenvalue weighted by molar-refractivity contribution is 5.69. The zero-order valence-corrected chi connectivity index (χ0v) is 16.2. The molecule has 0 spiro atoms. The molecule has 0 bridgehead atoms. The topological polar surface area (TPSA) is 67.9 Å². The predicted octanol–water partition coefficient (Wildman–Crippen LogP) is 3.95. The Morgan fingerprint density at radius 3 is 2.58 bits per heavy atom. The molecule has 6 nitrogen and oxygen atoms in total. The van der Waals surface area contributed by atoms with Crippen LogP contribution in [0.15, 0.2) is 30.3 Å². The van der Waals surface area contributed by atoms with Crippen LogP contribution in [0.4, 0.5) is 9.59 Å². The molecular weight excluding hydrogens is 332 g/mol. The van der Waals surface area contributed by atoms with Crippen molar-refractivity contribution < 1.29 is 19.1 Å². The van der Waals surface area contributed by atoms with Crippen molar-refractivity contribution >= 4 is 12.2 Å². The molecule has 2 amide bonds. The fourth-order valence-electron chi connectivity index (χ4n) is 3.08. The highest BCUT2D eigenvalue weighted by Gasteiger charge is 2.35. The van der Waals surface area contributed by atoms with Crippen LogP contribution in [0.3, 0.4) is 0 Å². The normalized spacial score (nSPS) is 19.9. The van der Waals surface area contributed by atoms with Gasteiger partial charge < -0.3 is 19.7 Å². The van der Waals surface area contributed by atoms with Gasteiger partial charge in [-0.3, -0.25) is 0 Å². The van der Waals surface area contributed by atoms with Gasteiger partial charge in [-0.2, -0.15) is 0 Å². The summed E-state index contributed by atoms with van der Waals surface area (Å²) in [5.41, 5.74) is 0.441. The van der Waals surface area contributed by atoms with Gasteiger partial charge in [0.1, 0.15) is 12.2 Å². The summed E-state index contributed by atoms with van der Waals surface area (Å²) in [4.78, 5) is 26.0. The van der Waals surface area contributed by atoms with Crippen molar-refractivity contribution in [3.05, 3.63) is 35.9 Å². The Morgan fingerprint density at radius 1 is 1.23 bits per heavy atom. The van der Waals surface area contributed by atoms with Crippen molar-refractivity contribution in [3.8, 4) is 0 Å². The first-order valence-electron chi connectivity index (χ1n) is 9.19. The van der Waals surface area contributed by atoms with Crippen LogP contribution in [0.25, 0.3) is 0 Å². The molecule has 6 heteroatoms. The zero-order valence-electron chi connectivity index (χ0n) is 16.2. The highest BCUT2D eigenvalue weighted by Crippen LogP contribution is 2.26. The van der Waals surface area contributed by atoms with Crippen molar-refractivity contribution in [2.24, 2.45) is 5.92 Å². The molecule has 0 radical (unpaired) electrons. The third kappa shape index (κ3) is 6.58. The number of alkyl carbamates (subject to hydrolysis) is 1. The Bertz CT molecular complexity index is 598. The molecule has 2 rings (SSSR count). The van der Waals surface area contributed by atoms with Crippen LogP contribution in [-0.2, 0) is 16.1 Å². The number of ether oxygens (including phenoxy) is 2. The average molecular weight is 362 g/mol. The molecule has 1 aliphatic rings. The SMILES string of the molecule is CC1CC(CCNC(=O)OCc2ccccc2)N(C(=O)OC(C)(C)C)C1. The van der Waals surface area contributed by atoms with Crippen molar-refractivity contribution in [3.63, 3.8) is 0 Å². The Labute approximate surface area is 155 Å². The molecule has 0 aromatic heterocycles. The first-order valence-corrected chi connectivity index (χ1v) is 9.19. The van der Waals surface area contributed by atoms with Crippen molar-refractivity contribution in [1.29, 1.82) is 0 Å². The lowest BCUT2D eigenvalue weighted by Crippen LogP contribution is -2.41. The third-order valence-corrected chi connectivity index (χ3v) is 4.21. The smallest absolute Gasteiger partial charge is 0.410 e. The number of hydrogen-bond acceptors (Lipinski definition) is 4. The van der Waals surface area contributed by atoms with Gasteiger partial charge in [-0.05, 0) is 45.1 Å². The fraction of sp³-hybridized carbons (Fsp3) is 0.600. The van der Waals surface area contributed by atoms with E-state index < -0.39 is 11.7 Å². The average Bonchev–Trinajstić information content (AvgIpc) is 2.93. The Hall–Kier alpha value is -2.24. The van der Waals surface area contributed by atoms with E-state index in [1.54, 1.807) is 4.90 Å². The van der Waals surface area contributed by atoms with E-state index in [0.717, 1.165) is 12.0 Å². The molecule has 26 heavy (non-hydrogen) atoms. The maximum atomic E-state index is 12.4. The second-order valence-corrected chi connectivity index (χ2v) is 7.90. The molecule has 0 saturated carbocycles. The summed E-state index contributed by atoms with van der Waals surface area (Å²) in [6.07, 6.45) is 0.881. The van der Waals surface area contributed by atoms with Gasteiger partial charge in [0.25, 0.3) is 0 Å². The standard InChI is InChI=1S/C20H30N2O4/c1-15-12-17(22(13-15)19(24)26-20(2,3)4)10-11-21-18(23)25-14-16-8-6-5-7-9-16/h5-9,15,17H,10-14H2,1-4H3,(H,21,23). The lowest BCUT2D eigenvalue weighted by Gasteiger charge is -2.28. The van der Waals surface area contributed by atoms with Crippen molar-refractivity contribution in [2.45, 2.75) is 58.8 Å². The monoisotopic (exact) mass is 362 g/mol. The number of carbonyl (C=O) groups excluding carboxylic acids is 2. The maximum Gasteiger partial charge on any atom is 0.410 e. The van der Waals surface area contributed by atoms with Crippen LogP contribution >= 0.6 is 0 Å². The molecule has 2 atom stereocenters. The number of amides is 2. The van der Waals surface area contributed by atoms with E-state index in [2.05, 4.69) is 12.2 Å². The summed E-state index contributed by atoms with van der Waals surface area (Å²) in [5, 5.41) is 2.76. The number of rotatable bonds is 5. The maximum absolute atomic E-state index is 12.4. The summed E-state index contributed by atoms with van der Waals surface area (Å²) in [7, 11) is 0. The van der Waals surface area contributed by atoms with Gasteiger partial charge in [-0.15, -0.1) is 0 Å². The number of carbonyl (C=O) groups is 2. The van der Waals surface area contributed by atoms with Gasteiger partial charge in [0, 0.05) is 19.1 Å². The molecule has 1 N–H and O–H groups in total. The van der Waals surface area contributed by atoms with E-state index in [0.29, 0.717) is 25.4 Å². The predicted molar refractivity (Wildman–Crippen MR) is 99.8 cm³/mol. The van der Waals surface area contributed by atoms with Crippen molar-refractivity contribution in [2.75, 3.05) is 13.1 Å². The summed E-state index contributed by atoms with van der Waals surface area (Å²) >= 11 is 0. The number of nitrogens with zero attached hydrogens (tertiary/aromatic N) is 1. The second kappa shape index (κ2) is 8.92. The third-order valence-electron chi connectivity index (χ3n) is 4.21. The fourth-order valence-corrected chi connectivity index (χ4v) is 3.08. The minimum absolute atomic E-state index is 0.0780. The molecule has 144 valence electrons. The lowest BCUT2D eigenvalue weighted by molar-refractivity contribution is 0.0217. The van der Waals surface area contributed by atoms with Crippen molar-refractivity contribution in [1.82, 2.24) is 10.2 Å². The number of hydrogen-bond donors (Lipinski definition) is 1. The minimum Gasteiger partial charge on any atom is -0.445 e. The van der Waals surface area contributed by atoms with Crippen LogP contribution in [0.2, 0.25) is 0 Å². The van der Waals surface area contributed by atoms with Gasteiger partial charge in [-0.1, -0.05) is 37.3 Å². The van der Waals surface area contributed by atoms with E-state index in [1.807, 2.05) is 51.1 Å². The lowest BCUT2D eigenvalue weighted by atomic mass is 10.1. The Morgan fingerprint density at radius 2 is 1.92 bits per heavy atom. The van der Waals surface area contributed by atoms with Crippen LogP contribution < -0.4 is 5.32 Å². The molecule has 1 heterocycles. The van der Waals surface area contributed by atoms with E-state index in [4.69, 9.17) is 9.47 Å². The van der Waals surface area contributed by atoms with Gasteiger partial charge in [0.05, 0.1) is 0 Å². The zero-order chi connectivity index (χ0) is 19.2. The second-order valence-electron chi connectivity index (χ2n) is 7.90. The molecule has 1 fully saturated rings. The summed E-state index contributed by atoms with van der Waals surface area (Å²) in [6, 6.07) is 9.63. The van der Waals surface area contributed by atoms with Crippen LogP contribution in [0, 0.1) is 5.92 Å². The largest absolute Gasteiger partial charge is 0.445 e. The molecule has 1 saturated heterocycles. The molecule has 1 aromatic rings. The van der Waals surface area contributed by atoms with Gasteiger partial charge in [-0.25, -0.2) is 9.59 Å². The Kier molecular flexibility index (Phi) is 6.89. The molecule has 2 unspecified atom stereocenters. The number of likely N-dealkylation sites (tertiary alicyclic amines) is 1. The molecule has 1 aliphatic heterocycles. The van der Waals surface area contributed by atoms with Crippen LogP contribution in [0.1, 0.15) is 46.1 Å².